The molecule has 0 unspecified atom stereocenters. The maximum absolute atomic E-state index is 13.1. The number of carbonyl (C=O) groups excluding carboxylic acids is 1. The van der Waals surface area contributed by atoms with Crippen molar-refractivity contribution < 1.29 is 36.3 Å². The Morgan fingerprint density at radius 2 is 1.66 bits per heavy atom. The minimum absolute atomic E-state index is 0.00509. The Kier molecular flexibility index (Phi) is 10.1. The predicted molar refractivity (Wildman–Crippen MR) is 146 cm³/mol. The Morgan fingerprint density at radius 3 is 2.24 bits per heavy atom. The molecule has 0 aliphatic heterocycles. The number of nitrogens with zero attached hydrogens (tertiary/aromatic N) is 1. The quantitative estimate of drug-likeness (QED) is 0.236. The Morgan fingerprint density at radius 1 is 1.03 bits per heavy atom. The first-order valence-electron chi connectivity index (χ1n) is 11.8. The molecule has 0 aliphatic carbocycles. The van der Waals surface area contributed by atoms with Gasteiger partial charge in [-0.25, -0.2) is 13.4 Å². The molecule has 206 valence electrons. The van der Waals surface area contributed by atoms with Crippen molar-refractivity contribution in [2.45, 2.75) is 44.9 Å². The molecule has 0 atom stereocenters. The number of nitrogens with one attached hydrogen (secondary N) is 1. The van der Waals surface area contributed by atoms with E-state index >= 15 is 0 Å². The molecule has 13 heteroatoms. The summed E-state index contributed by atoms with van der Waals surface area (Å²) in [5.74, 6) is 0.692. The lowest BCUT2D eigenvalue weighted by atomic mass is 10.2. The summed E-state index contributed by atoms with van der Waals surface area (Å²) in [5, 5.41) is 4.75. The highest BCUT2D eigenvalue weighted by Gasteiger charge is 2.26. The summed E-state index contributed by atoms with van der Waals surface area (Å²) in [4.78, 5) is 17.6. The average molecular weight is 583 g/mol. The second-order valence-corrected chi connectivity index (χ2v) is 13.3. The number of thiazole rings is 1. The largest absolute Gasteiger partial charge is 0.491 e. The summed E-state index contributed by atoms with van der Waals surface area (Å²) >= 11 is 1.19. The molecule has 0 saturated carbocycles. The highest BCUT2D eigenvalue weighted by molar-refractivity contribution is 7.90. The molecule has 0 radical (unpaired) electrons. The average Bonchev–Trinajstić information content (AvgIpc) is 3.24. The normalized spacial score (nSPS) is 11.9. The number of aromatic nitrogens is 1. The molecule has 0 fully saturated rings. The fourth-order valence-corrected chi connectivity index (χ4v) is 6.38. The molecule has 1 N–H and O–H groups in total. The van der Waals surface area contributed by atoms with Crippen LogP contribution in [0.15, 0.2) is 52.7 Å². The van der Waals surface area contributed by atoms with E-state index in [1.54, 1.807) is 37.4 Å². The van der Waals surface area contributed by atoms with Gasteiger partial charge in [-0.1, -0.05) is 0 Å². The third-order valence-corrected chi connectivity index (χ3v) is 8.73. The van der Waals surface area contributed by atoms with E-state index in [1.165, 1.54) is 35.6 Å². The van der Waals surface area contributed by atoms with Gasteiger partial charge < -0.3 is 18.5 Å². The fraction of sp³-hybridized carbons (Fsp3) is 0.360. The molecule has 1 aromatic heterocycles. The van der Waals surface area contributed by atoms with E-state index in [0.29, 0.717) is 28.1 Å². The zero-order valence-corrected chi connectivity index (χ0v) is 24.3. The van der Waals surface area contributed by atoms with Crippen molar-refractivity contribution in [1.29, 1.82) is 0 Å². The van der Waals surface area contributed by atoms with Crippen LogP contribution in [0.3, 0.4) is 0 Å². The summed E-state index contributed by atoms with van der Waals surface area (Å²) in [6.07, 6.45) is 0.972. The van der Waals surface area contributed by atoms with E-state index in [4.69, 9.17) is 18.5 Å². The van der Waals surface area contributed by atoms with Gasteiger partial charge >= 0.3 is 7.60 Å². The number of ether oxygens (including phenoxy) is 2. The first-order valence-corrected chi connectivity index (χ1v) is 16.3. The lowest BCUT2D eigenvalue weighted by molar-refractivity contribution is 0.102. The SMILES string of the molecule is CCOP(=O)(Cc1csc(NC(=O)c2cc(Oc3ccc(S(C)(=O)=O)cc3)cc(OC(C)C)c2)n1)OCC. The van der Waals surface area contributed by atoms with E-state index < -0.39 is 23.3 Å². The third kappa shape index (κ3) is 8.64. The maximum Gasteiger partial charge on any atom is 0.336 e. The minimum Gasteiger partial charge on any atom is -0.491 e. The fourth-order valence-electron chi connectivity index (χ4n) is 3.32. The predicted octanol–water partition coefficient (Wildman–Crippen LogP) is 6.14. The van der Waals surface area contributed by atoms with E-state index in [0.717, 1.165) is 6.26 Å². The van der Waals surface area contributed by atoms with Crippen molar-refractivity contribution in [3.63, 3.8) is 0 Å². The first-order chi connectivity index (χ1) is 17.9. The van der Waals surface area contributed by atoms with Gasteiger partial charge in [-0.05, 0) is 64.1 Å². The number of rotatable bonds is 13. The molecule has 2 aromatic carbocycles. The Labute approximate surface area is 226 Å². The number of hydrogen-bond donors (Lipinski definition) is 1. The Hall–Kier alpha value is -2.76. The molecule has 3 aromatic rings. The molecular formula is C25H31N2O8PS2. The molecule has 0 spiro atoms. The maximum atomic E-state index is 13.1. The van der Waals surface area contributed by atoms with E-state index in [-0.39, 0.29) is 35.9 Å². The van der Waals surface area contributed by atoms with Crippen LogP contribution < -0.4 is 14.8 Å². The molecule has 0 bridgehead atoms. The van der Waals surface area contributed by atoms with E-state index in [9.17, 15) is 17.8 Å². The van der Waals surface area contributed by atoms with Crippen LogP contribution in [0.5, 0.6) is 17.2 Å². The van der Waals surface area contributed by atoms with Crippen LogP contribution in [0.4, 0.5) is 5.13 Å². The molecule has 1 amide bonds. The summed E-state index contributed by atoms with van der Waals surface area (Å²) in [5.41, 5.74) is 0.742. The first kappa shape index (κ1) is 29.8. The van der Waals surface area contributed by atoms with Gasteiger partial charge in [0, 0.05) is 23.3 Å². The molecular weight excluding hydrogens is 551 g/mol. The van der Waals surface area contributed by atoms with Gasteiger partial charge in [-0.2, -0.15) is 0 Å². The van der Waals surface area contributed by atoms with Crippen molar-refractivity contribution in [3.05, 3.63) is 59.1 Å². The molecule has 0 aliphatic rings. The molecule has 0 saturated heterocycles. The highest BCUT2D eigenvalue weighted by atomic mass is 32.2. The van der Waals surface area contributed by atoms with Gasteiger partial charge in [-0.3, -0.25) is 14.7 Å². The van der Waals surface area contributed by atoms with Crippen molar-refractivity contribution in [1.82, 2.24) is 4.98 Å². The van der Waals surface area contributed by atoms with Gasteiger partial charge in [0.15, 0.2) is 15.0 Å². The standard InChI is InChI=1S/C25H31N2O8PS2/c1-6-32-36(29,33-7-2)15-19-16-37-25(26-19)27-24(28)18-12-21(34-17(3)4)14-22(13-18)35-20-8-10-23(11-9-20)38(5,30)31/h8-14,16-17H,6-7,15H2,1-5H3,(H,26,27,28). The second-order valence-electron chi connectivity index (χ2n) is 8.41. The van der Waals surface area contributed by atoms with E-state index in [1.807, 2.05) is 13.8 Å². The minimum atomic E-state index is -3.34. The number of carbonyl (C=O) groups is 1. The summed E-state index contributed by atoms with van der Waals surface area (Å²) in [6.45, 7) is 7.67. The molecule has 10 nitrogen and oxygen atoms in total. The number of anilines is 1. The zero-order valence-electron chi connectivity index (χ0n) is 21.8. The van der Waals surface area contributed by atoms with E-state index in [2.05, 4.69) is 10.3 Å². The third-order valence-electron chi connectivity index (χ3n) is 4.78. The Bertz CT molecular complexity index is 1390. The van der Waals surface area contributed by atoms with Crippen LogP contribution in [-0.2, 0) is 29.6 Å². The van der Waals surface area contributed by atoms with Crippen LogP contribution in [0.25, 0.3) is 0 Å². The van der Waals surface area contributed by atoms with Gasteiger partial charge in [-0.15, -0.1) is 11.3 Å². The van der Waals surface area contributed by atoms with Crippen LogP contribution in [0.2, 0.25) is 0 Å². The smallest absolute Gasteiger partial charge is 0.336 e. The lowest BCUT2D eigenvalue weighted by Crippen LogP contribution is -2.13. The number of amides is 1. The second kappa shape index (κ2) is 12.9. The molecule has 3 rings (SSSR count). The number of hydrogen-bond acceptors (Lipinski definition) is 10. The van der Waals surface area contributed by atoms with Crippen molar-refractivity contribution in [3.8, 4) is 17.2 Å². The highest BCUT2D eigenvalue weighted by Crippen LogP contribution is 2.51. The van der Waals surface area contributed by atoms with Crippen molar-refractivity contribution >= 4 is 39.8 Å². The van der Waals surface area contributed by atoms with Gasteiger partial charge in [0.2, 0.25) is 0 Å². The topological polar surface area (TPSA) is 130 Å². The van der Waals surface area contributed by atoms with Gasteiger partial charge in [0.1, 0.15) is 17.2 Å². The number of sulfone groups is 1. The van der Waals surface area contributed by atoms with Crippen LogP contribution in [0.1, 0.15) is 43.7 Å². The Balaban J connectivity index is 1.80. The zero-order chi connectivity index (χ0) is 27.9. The molecule has 38 heavy (non-hydrogen) atoms. The lowest BCUT2D eigenvalue weighted by Gasteiger charge is -2.15. The monoisotopic (exact) mass is 582 g/mol. The molecule has 1 heterocycles. The van der Waals surface area contributed by atoms with Crippen molar-refractivity contribution in [2.24, 2.45) is 0 Å². The van der Waals surface area contributed by atoms with Crippen LogP contribution in [-0.4, -0.2) is 44.9 Å². The number of benzene rings is 2. The van der Waals surface area contributed by atoms with Gasteiger partial charge in [0.25, 0.3) is 5.91 Å². The van der Waals surface area contributed by atoms with Crippen LogP contribution in [0, 0.1) is 0 Å². The summed E-state index contributed by atoms with van der Waals surface area (Å²) in [6, 6.07) is 10.7. The van der Waals surface area contributed by atoms with Crippen LogP contribution >= 0.6 is 18.9 Å². The summed E-state index contributed by atoms with van der Waals surface area (Å²) < 4.78 is 58.5. The van der Waals surface area contributed by atoms with Crippen molar-refractivity contribution in [2.75, 3.05) is 24.8 Å². The summed E-state index contributed by atoms with van der Waals surface area (Å²) in [7, 11) is -6.67. The van der Waals surface area contributed by atoms with Gasteiger partial charge in [0.05, 0.1) is 36.1 Å².